The van der Waals surface area contributed by atoms with E-state index in [1.165, 1.54) is 19.3 Å². The summed E-state index contributed by atoms with van der Waals surface area (Å²) < 4.78 is 0. The van der Waals surface area contributed by atoms with Crippen LogP contribution in [0, 0.1) is 5.92 Å². The number of nitrogens with one attached hydrogen (secondary N) is 1. The second kappa shape index (κ2) is 4.94. The van der Waals surface area contributed by atoms with Gasteiger partial charge in [-0.05, 0) is 38.1 Å². The Bertz CT molecular complexity index is 152. The third-order valence-corrected chi connectivity index (χ3v) is 3.08. The van der Waals surface area contributed by atoms with Crippen LogP contribution in [0.25, 0.3) is 0 Å². The van der Waals surface area contributed by atoms with Crippen LogP contribution >= 0.6 is 0 Å². The SMILES string of the molecule is CC1CCC(CN)(NCCCO)C1. The van der Waals surface area contributed by atoms with Crippen LogP contribution in [0.15, 0.2) is 0 Å². The minimum atomic E-state index is 0.175. The quantitative estimate of drug-likeness (QED) is 0.547. The molecule has 1 fully saturated rings. The fourth-order valence-corrected chi connectivity index (χ4v) is 2.24. The van der Waals surface area contributed by atoms with Crippen LogP contribution in [0.3, 0.4) is 0 Å². The van der Waals surface area contributed by atoms with Gasteiger partial charge in [-0.15, -0.1) is 0 Å². The van der Waals surface area contributed by atoms with E-state index in [1.807, 2.05) is 0 Å². The van der Waals surface area contributed by atoms with Gasteiger partial charge in [0.1, 0.15) is 0 Å². The summed E-state index contributed by atoms with van der Waals surface area (Å²) in [6.07, 6.45) is 4.49. The summed E-state index contributed by atoms with van der Waals surface area (Å²) in [4.78, 5) is 0. The second-order valence-corrected chi connectivity index (χ2v) is 4.34. The molecule has 0 spiro atoms. The Kier molecular flexibility index (Phi) is 4.16. The summed E-state index contributed by atoms with van der Waals surface area (Å²) in [5.74, 6) is 0.796. The van der Waals surface area contributed by atoms with Gasteiger partial charge in [-0.1, -0.05) is 6.92 Å². The first-order valence-electron chi connectivity index (χ1n) is 5.28. The summed E-state index contributed by atoms with van der Waals surface area (Å²) >= 11 is 0. The Morgan fingerprint density at radius 1 is 1.62 bits per heavy atom. The molecule has 1 aliphatic rings. The summed E-state index contributed by atoms with van der Waals surface area (Å²) in [6.45, 7) is 4.16. The van der Waals surface area contributed by atoms with Crippen molar-refractivity contribution < 1.29 is 5.11 Å². The average Bonchev–Trinajstić information content (AvgIpc) is 2.49. The third kappa shape index (κ3) is 2.93. The Balaban J connectivity index is 2.32. The fraction of sp³-hybridized carbons (Fsp3) is 1.00. The predicted octanol–water partition coefficient (Wildman–Crippen LogP) is 0.476. The first-order chi connectivity index (χ1) is 6.22. The highest BCUT2D eigenvalue weighted by molar-refractivity contribution is 4.95. The minimum absolute atomic E-state index is 0.175. The molecule has 0 radical (unpaired) electrons. The van der Waals surface area contributed by atoms with Crippen LogP contribution in [0.5, 0.6) is 0 Å². The number of hydrogen-bond acceptors (Lipinski definition) is 3. The van der Waals surface area contributed by atoms with E-state index in [-0.39, 0.29) is 12.1 Å². The molecule has 1 aliphatic carbocycles. The molecule has 0 heterocycles. The number of aliphatic hydroxyl groups excluding tert-OH is 1. The van der Waals surface area contributed by atoms with Gasteiger partial charge in [0.25, 0.3) is 0 Å². The lowest BCUT2D eigenvalue weighted by atomic mass is 9.96. The number of rotatable bonds is 5. The molecular formula is C10H22N2O. The lowest BCUT2D eigenvalue weighted by Gasteiger charge is -2.29. The monoisotopic (exact) mass is 186 g/mol. The van der Waals surface area contributed by atoms with Gasteiger partial charge in [0.05, 0.1) is 0 Å². The Morgan fingerprint density at radius 3 is 2.85 bits per heavy atom. The van der Waals surface area contributed by atoms with E-state index in [1.54, 1.807) is 0 Å². The van der Waals surface area contributed by atoms with Crippen LogP contribution in [0.1, 0.15) is 32.6 Å². The van der Waals surface area contributed by atoms with E-state index in [4.69, 9.17) is 10.8 Å². The summed E-state index contributed by atoms with van der Waals surface area (Å²) in [6, 6.07) is 0. The lowest BCUT2D eigenvalue weighted by molar-refractivity contribution is 0.266. The van der Waals surface area contributed by atoms with Crippen molar-refractivity contribution in [2.45, 2.75) is 38.1 Å². The van der Waals surface area contributed by atoms with Crippen molar-refractivity contribution in [3.05, 3.63) is 0 Å². The zero-order valence-corrected chi connectivity index (χ0v) is 8.55. The molecule has 78 valence electrons. The maximum absolute atomic E-state index is 8.68. The molecule has 4 N–H and O–H groups in total. The van der Waals surface area contributed by atoms with Crippen molar-refractivity contribution in [3.8, 4) is 0 Å². The Morgan fingerprint density at radius 2 is 2.38 bits per heavy atom. The van der Waals surface area contributed by atoms with E-state index in [9.17, 15) is 0 Å². The van der Waals surface area contributed by atoms with E-state index in [0.717, 1.165) is 25.4 Å². The molecule has 13 heavy (non-hydrogen) atoms. The first kappa shape index (κ1) is 11.0. The average molecular weight is 186 g/mol. The standard InChI is InChI=1S/C10H22N2O/c1-9-3-4-10(7-9,8-11)12-5-2-6-13/h9,12-13H,2-8,11H2,1H3. The molecule has 1 saturated carbocycles. The molecule has 0 aliphatic heterocycles. The van der Waals surface area contributed by atoms with E-state index < -0.39 is 0 Å². The number of hydrogen-bond donors (Lipinski definition) is 3. The number of aliphatic hydroxyl groups is 1. The van der Waals surface area contributed by atoms with Gasteiger partial charge < -0.3 is 16.2 Å². The summed E-state index contributed by atoms with van der Waals surface area (Å²) in [5, 5.41) is 12.2. The van der Waals surface area contributed by atoms with Crippen molar-refractivity contribution in [3.63, 3.8) is 0 Å². The molecule has 0 aromatic rings. The molecule has 0 amide bonds. The highest BCUT2D eigenvalue weighted by atomic mass is 16.3. The molecule has 3 nitrogen and oxygen atoms in total. The molecular weight excluding hydrogens is 164 g/mol. The molecule has 2 unspecified atom stereocenters. The number of nitrogens with two attached hydrogens (primary N) is 1. The van der Waals surface area contributed by atoms with Crippen LogP contribution in [-0.2, 0) is 0 Å². The zero-order valence-electron chi connectivity index (χ0n) is 8.55. The van der Waals surface area contributed by atoms with Gasteiger partial charge in [0.15, 0.2) is 0 Å². The topological polar surface area (TPSA) is 58.3 Å². The third-order valence-electron chi connectivity index (χ3n) is 3.08. The van der Waals surface area contributed by atoms with Gasteiger partial charge in [-0.25, -0.2) is 0 Å². The molecule has 1 rings (SSSR count). The largest absolute Gasteiger partial charge is 0.396 e. The molecule has 3 heteroatoms. The second-order valence-electron chi connectivity index (χ2n) is 4.34. The van der Waals surface area contributed by atoms with Gasteiger partial charge in [0, 0.05) is 18.7 Å². The molecule has 0 aromatic carbocycles. The maximum atomic E-state index is 8.68. The van der Waals surface area contributed by atoms with Crippen LogP contribution < -0.4 is 11.1 Å². The first-order valence-corrected chi connectivity index (χ1v) is 5.28. The van der Waals surface area contributed by atoms with Crippen LogP contribution in [-0.4, -0.2) is 30.3 Å². The van der Waals surface area contributed by atoms with Crippen molar-refractivity contribution in [1.29, 1.82) is 0 Å². The smallest absolute Gasteiger partial charge is 0.0443 e. The van der Waals surface area contributed by atoms with Crippen LogP contribution in [0.4, 0.5) is 0 Å². The van der Waals surface area contributed by atoms with E-state index in [0.29, 0.717) is 0 Å². The van der Waals surface area contributed by atoms with E-state index in [2.05, 4.69) is 12.2 Å². The van der Waals surface area contributed by atoms with E-state index >= 15 is 0 Å². The normalized spacial score (nSPS) is 33.9. The molecule has 0 saturated heterocycles. The van der Waals surface area contributed by atoms with Gasteiger partial charge in [0.2, 0.25) is 0 Å². The summed E-state index contributed by atoms with van der Waals surface area (Å²) in [7, 11) is 0. The lowest BCUT2D eigenvalue weighted by Crippen LogP contribution is -2.49. The zero-order chi connectivity index (χ0) is 9.73. The highest BCUT2D eigenvalue weighted by Gasteiger charge is 2.35. The van der Waals surface area contributed by atoms with Gasteiger partial charge >= 0.3 is 0 Å². The van der Waals surface area contributed by atoms with Gasteiger partial charge in [-0.3, -0.25) is 0 Å². The Hall–Kier alpha value is -0.120. The minimum Gasteiger partial charge on any atom is -0.396 e. The van der Waals surface area contributed by atoms with Crippen molar-refractivity contribution >= 4 is 0 Å². The fourth-order valence-electron chi connectivity index (χ4n) is 2.24. The summed E-state index contributed by atoms with van der Waals surface area (Å²) in [5.41, 5.74) is 5.96. The van der Waals surface area contributed by atoms with Crippen LogP contribution in [0.2, 0.25) is 0 Å². The predicted molar refractivity (Wildman–Crippen MR) is 54.5 cm³/mol. The van der Waals surface area contributed by atoms with Crippen molar-refractivity contribution in [2.24, 2.45) is 11.7 Å². The van der Waals surface area contributed by atoms with Gasteiger partial charge in [-0.2, -0.15) is 0 Å². The van der Waals surface area contributed by atoms with Crippen molar-refractivity contribution in [1.82, 2.24) is 5.32 Å². The maximum Gasteiger partial charge on any atom is 0.0443 e. The molecule has 0 bridgehead atoms. The Labute approximate surface area is 80.7 Å². The molecule has 2 atom stereocenters. The molecule has 0 aromatic heterocycles. The highest BCUT2D eigenvalue weighted by Crippen LogP contribution is 2.33. The van der Waals surface area contributed by atoms with Crippen molar-refractivity contribution in [2.75, 3.05) is 19.7 Å².